The second kappa shape index (κ2) is 5.91. The van der Waals surface area contributed by atoms with E-state index in [1.807, 2.05) is 6.07 Å². The molecule has 5 nitrogen and oxygen atoms in total. The summed E-state index contributed by atoms with van der Waals surface area (Å²) in [5.74, 6) is 1.77. The Morgan fingerprint density at radius 3 is 3.00 bits per heavy atom. The first-order chi connectivity index (χ1) is 9.11. The molecule has 19 heavy (non-hydrogen) atoms. The van der Waals surface area contributed by atoms with Gasteiger partial charge in [0.1, 0.15) is 5.82 Å². The molecule has 0 spiro atoms. The fraction of sp³-hybridized carbons (Fsp3) is 0.571. The Morgan fingerprint density at radius 2 is 2.32 bits per heavy atom. The third kappa shape index (κ3) is 3.16. The number of amidine groups is 1. The lowest BCUT2D eigenvalue weighted by molar-refractivity contribution is 0.318. The highest BCUT2D eigenvalue weighted by Crippen LogP contribution is 2.28. The van der Waals surface area contributed by atoms with Crippen LogP contribution in [-0.2, 0) is 0 Å². The van der Waals surface area contributed by atoms with Crippen molar-refractivity contribution >= 4 is 11.7 Å². The maximum Gasteiger partial charge on any atom is 0.170 e. The van der Waals surface area contributed by atoms with Crippen LogP contribution in [0.1, 0.15) is 38.2 Å². The molecule has 1 heterocycles. The molecular formula is C14H22N4O. The number of nitrogens with two attached hydrogens (primary N) is 1. The van der Waals surface area contributed by atoms with Gasteiger partial charge in [0.25, 0.3) is 0 Å². The molecule has 1 aliphatic carbocycles. The molecule has 1 fully saturated rings. The zero-order valence-corrected chi connectivity index (χ0v) is 11.6. The molecule has 2 rings (SSSR count). The first-order valence-corrected chi connectivity index (χ1v) is 6.78. The number of anilines is 1. The number of hydrogen-bond acceptors (Lipinski definition) is 4. The van der Waals surface area contributed by atoms with Gasteiger partial charge in [-0.05, 0) is 30.9 Å². The van der Waals surface area contributed by atoms with Crippen molar-refractivity contribution in [3.63, 3.8) is 0 Å². The van der Waals surface area contributed by atoms with Crippen LogP contribution in [0.5, 0.6) is 0 Å². The van der Waals surface area contributed by atoms with Gasteiger partial charge in [-0.1, -0.05) is 24.9 Å². The van der Waals surface area contributed by atoms with Crippen LogP contribution >= 0.6 is 0 Å². The van der Waals surface area contributed by atoms with E-state index in [9.17, 15) is 0 Å². The van der Waals surface area contributed by atoms with Crippen LogP contribution in [0.25, 0.3) is 0 Å². The van der Waals surface area contributed by atoms with Crippen molar-refractivity contribution in [3.05, 3.63) is 23.9 Å². The Hall–Kier alpha value is -1.78. The van der Waals surface area contributed by atoms with Gasteiger partial charge in [0.2, 0.25) is 0 Å². The predicted octanol–water partition coefficient (Wildman–Crippen LogP) is 2.19. The van der Waals surface area contributed by atoms with Crippen LogP contribution in [0.2, 0.25) is 0 Å². The van der Waals surface area contributed by atoms with Crippen LogP contribution in [0.15, 0.2) is 23.5 Å². The molecule has 0 bridgehead atoms. The van der Waals surface area contributed by atoms with E-state index in [1.54, 1.807) is 12.3 Å². The van der Waals surface area contributed by atoms with Crippen molar-refractivity contribution in [2.45, 2.75) is 38.6 Å². The van der Waals surface area contributed by atoms with Gasteiger partial charge in [-0.15, -0.1) is 0 Å². The standard InChI is InChI=1S/C14H22N4O/c1-10-4-3-5-12(8-10)18(2)13-9-11(6-7-16-13)14(15)17-19/h6-7,9-10,12,19H,3-5,8H2,1-2H3,(H2,15,17). The summed E-state index contributed by atoms with van der Waals surface area (Å²) in [6.45, 7) is 2.31. The lowest BCUT2D eigenvalue weighted by atomic mass is 9.86. The summed E-state index contributed by atoms with van der Waals surface area (Å²) < 4.78 is 0. The largest absolute Gasteiger partial charge is 0.409 e. The predicted molar refractivity (Wildman–Crippen MR) is 76.6 cm³/mol. The molecule has 0 amide bonds. The highest BCUT2D eigenvalue weighted by Gasteiger charge is 2.23. The second-order valence-electron chi connectivity index (χ2n) is 5.42. The zero-order chi connectivity index (χ0) is 13.8. The van der Waals surface area contributed by atoms with Crippen molar-refractivity contribution in [1.29, 1.82) is 0 Å². The highest BCUT2D eigenvalue weighted by molar-refractivity contribution is 5.97. The molecule has 0 saturated heterocycles. The Balaban J connectivity index is 2.16. The number of rotatable bonds is 3. The maximum absolute atomic E-state index is 8.73. The van der Waals surface area contributed by atoms with Crippen molar-refractivity contribution in [2.24, 2.45) is 16.8 Å². The van der Waals surface area contributed by atoms with Crippen LogP contribution in [0.3, 0.4) is 0 Å². The Labute approximate surface area is 114 Å². The summed E-state index contributed by atoms with van der Waals surface area (Å²) in [6, 6.07) is 4.14. The summed E-state index contributed by atoms with van der Waals surface area (Å²) >= 11 is 0. The van der Waals surface area contributed by atoms with E-state index in [2.05, 4.69) is 29.0 Å². The topological polar surface area (TPSA) is 74.7 Å². The second-order valence-corrected chi connectivity index (χ2v) is 5.42. The van der Waals surface area contributed by atoms with Gasteiger partial charge >= 0.3 is 0 Å². The molecule has 0 aromatic carbocycles. The highest BCUT2D eigenvalue weighted by atomic mass is 16.4. The quantitative estimate of drug-likeness (QED) is 0.379. The minimum Gasteiger partial charge on any atom is -0.409 e. The van der Waals surface area contributed by atoms with Gasteiger partial charge in [0.05, 0.1) is 0 Å². The van der Waals surface area contributed by atoms with Gasteiger partial charge in [-0.3, -0.25) is 0 Å². The van der Waals surface area contributed by atoms with E-state index in [-0.39, 0.29) is 5.84 Å². The monoisotopic (exact) mass is 262 g/mol. The lowest BCUT2D eigenvalue weighted by Crippen LogP contribution is -2.36. The first kappa shape index (κ1) is 13.6. The Kier molecular flexibility index (Phi) is 4.24. The molecule has 1 aromatic rings. The summed E-state index contributed by atoms with van der Waals surface area (Å²) in [7, 11) is 2.07. The average Bonchev–Trinajstić information content (AvgIpc) is 2.45. The molecule has 3 N–H and O–H groups in total. The number of hydrogen-bond donors (Lipinski definition) is 2. The average molecular weight is 262 g/mol. The van der Waals surface area contributed by atoms with Crippen molar-refractivity contribution < 1.29 is 5.21 Å². The molecular weight excluding hydrogens is 240 g/mol. The zero-order valence-electron chi connectivity index (χ0n) is 11.6. The Morgan fingerprint density at radius 1 is 1.53 bits per heavy atom. The van der Waals surface area contributed by atoms with Gasteiger partial charge in [0, 0.05) is 24.8 Å². The van der Waals surface area contributed by atoms with Gasteiger partial charge in [-0.2, -0.15) is 0 Å². The number of aromatic nitrogens is 1. The fourth-order valence-corrected chi connectivity index (χ4v) is 2.77. The molecule has 0 radical (unpaired) electrons. The van der Waals surface area contributed by atoms with E-state index in [0.29, 0.717) is 11.6 Å². The van der Waals surface area contributed by atoms with E-state index in [1.165, 1.54) is 25.7 Å². The maximum atomic E-state index is 8.73. The third-order valence-electron chi connectivity index (χ3n) is 3.97. The van der Waals surface area contributed by atoms with Gasteiger partial charge in [-0.25, -0.2) is 4.98 Å². The van der Waals surface area contributed by atoms with Gasteiger partial charge in [0.15, 0.2) is 5.84 Å². The lowest BCUT2D eigenvalue weighted by Gasteiger charge is -2.35. The molecule has 1 aromatic heterocycles. The molecule has 2 unspecified atom stereocenters. The van der Waals surface area contributed by atoms with Crippen LogP contribution in [0.4, 0.5) is 5.82 Å². The van der Waals surface area contributed by atoms with Crippen molar-refractivity contribution in [3.8, 4) is 0 Å². The third-order valence-corrected chi connectivity index (χ3v) is 3.97. The normalized spacial score (nSPS) is 24.2. The number of oxime groups is 1. The smallest absolute Gasteiger partial charge is 0.170 e. The first-order valence-electron chi connectivity index (χ1n) is 6.78. The van der Waals surface area contributed by atoms with E-state index in [0.717, 1.165) is 11.7 Å². The molecule has 1 saturated carbocycles. The Bertz CT molecular complexity index is 461. The molecule has 0 aliphatic heterocycles. The molecule has 1 aliphatic rings. The van der Waals surface area contributed by atoms with E-state index < -0.39 is 0 Å². The SMILES string of the molecule is CC1CCCC(N(C)c2cc(C(N)=NO)ccn2)C1. The summed E-state index contributed by atoms with van der Waals surface area (Å²) in [4.78, 5) is 6.60. The van der Waals surface area contributed by atoms with E-state index >= 15 is 0 Å². The molecule has 5 heteroatoms. The molecule has 2 atom stereocenters. The van der Waals surface area contributed by atoms with Crippen molar-refractivity contribution in [1.82, 2.24) is 4.98 Å². The minimum absolute atomic E-state index is 0.120. The van der Waals surface area contributed by atoms with Crippen LogP contribution < -0.4 is 10.6 Å². The fourth-order valence-electron chi connectivity index (χ4n) is 2.77. The van der Waals surface area contributed by atoms with Crippen LogP contribution in [0, 0.1) is 5.92 Å². The minimum atomic E-state index is 0.120. The van der Waals surface area contributed by atoms with Gasteiger partial charge < -0.3 is 15.8 Å². The summed E-state index contributed by atoms with van der Waals surface area (Å²) in [5, 5.41) is 11.8. The summed E-state index contributed by atoms with van der Waals surface area (Å²) in [5.41, 5.74) is 6.31. The number of pyridine rings is 1. The van der Waals surface area contributed by atoms with E-state index in [4.69, 9.17) is 10.9 Å². The summed E-state index contributed by atoms with van der Waals surface area (Å²) in [6.07, 6.45) is 6.70. The molecule has 104 valence electrons. The van der Waals surface area contributed by atoms with Crippen molar-refractivity contribution in [2.75, 3.05) is 11.9 Å². The number of nitrogens with zero attached hydrogens (tertiary/aromatic N) is 3. The van der Waals surface area contributed by atoms with Crippen LogP contribution in [-0.4, -0.2) is 29.1 Å².